The first-order chi connectivity index (χ1) is 12.6. The molecule has 5 nitrogen and oxygen atoms in total. The molecular formula is C20H23NO4S. The van der Waals surface area contributed by atoms with Gasteiger partial charge in [0.2, 0.25) is 5.91 Å². The number of anilines is 1. The van der Waals surface area contributed by atoms with E-state index >= 15 is 0 Å². The first-order valence-corrected chi connectivity index (χ1v) is 9.74. The second kappa shape index (κ2) is 8.36. The van der Waals surface area contributed by atoms with Gasteiger partial charge in [-0.05, 0) is 55.4 Å². The Bertz CT molecular complexity index is 804. The molecule has 0 saturated carbocycles. The lowest BCUT2D eigenvalue weighted by molar-refractivity contribution is -0.111. The van der Waals surface area contributed by atoms with E-state index in [2.05, 4.69) is 12.2 Å². The number of esters is 1. The quantitative estimate of drug-likeness (QED) is 0.589. The van der Waals surface area contributed by atoms with Crippen LogP contribution in [0.4, 0.5) is 5.00 Å². The standard InChI is InChI=1S/C20H23NO4S/c1-3-10-25-20(23)18-15-8-6-13(2)12-16(15)26-19(18)21-17(22)9-7-14-5-4-11-24-14/h4-5,7,9,11,13H,3,6,8,10,12H2,1-2H3,(H,21,22). The van der Waals surface area contributed by atoms with Crippen LogP contribution in [0.15, 0.2) is 28.9 Å². The van der Waals surface area contributed by atoms with Gasteiger partial charge in [-0.15, -0.1) is 11.3 Å². The Balaban J connectivity index is 1.83. The fraction of sp³-hybridized carbons (Fsp3) is 0.400. The van der Waals surface area contributed by atoms with Crippen molar-refractivity contribution in [3.63, 3.8) is 0 Å². The maximum absolute atomic E-state index is 12.6. The third-order valence-electron chi connectivity index (χ3n) is 4.33. The molecule has 26 heavy (non-hydrogen) atoms. The van der Waals surface area contributed by atoms with Crippen molar-refractivity contribution in [1.82, 2.24) is 0 Å². The highest BCUT2D eigenvalue weighted by molar-refractivity contribution is 7.17. The molecule has 1 aliphatic rings. The zero-order chi connectivity index (χ0) is 18.5. The lowest BCUT2D eigenvalue weighted by atomic mass is 9.88. The zero-order valence-corrected chi connectivity index (χ0v) is 15.9. The summed E-state index contributed by atoms with van der Waals surface area (Å²) in [5, 5.41) is 3.44. The molecule has 0 spiro atoms. The number of ether oxygens (including phenoxy) is 1. The predicted octanol–water partition coefficient (Wildman–Crippen LogP) is 4.68. The molecule has 1 atom stereocenters. The van der Waals surface area contributed by atoms with Crippen LogP contribution in [0.5, 0.6) is 0 Å². The highest BCUT2D eigenvalue weighted by Crippen LogP contribution is 2.40. The van der Waals surface area contributed by atoms with Gasteiger partial charge in [0.1, 0.15) is 10.8 Å². The van der Waals surface area contributed by atoms with E-state index in [0.717, 1.165) is 31.2 Å². The summed E-state index contributed by atoms with van der Waals surface area (Å²) in [6, 6.07) is 3.52. The maximum atomic E-state index is 12.6. The molecule has 3 rings (SSSR count). The maximum Gasteiger partial charge on any atom is 0.341 e. The Kier molecular flexibility index (Phi) is 5.93. The molecular weight excluding hydrogens is 350 g/mol. The number of carbonyl (C=O) groups is 2. The van der Waals surface area contributed by atoms with Gasteiger partial charge >= 0.3 is 5.97 Å². The smallest absolute Gasteiger partial charge is 0.341 e. The normalized spacial score (nSPS) is 16.5. The second-order valence-electron chi connectivity index (χ2n) is 6.53. The summed E-state index contributed by atoms with van der Waals surface area (Å²) in [6.07, 6.45) is 8.15. The molecule has 2 aromatic heterocycles. The number of furan rings is 1. The average molecular weight is 373 g/mol. The SMILES string of the molecule is CCCOC(=O)c1c(NC(=O)C=Cc2ccco2)sc2c1CCC(C)C2. The van der Waals surface area contributed by atoms with Crippen LogP contribution in [-0.4, -0.2) is 18.5 Å². The molecule has 2 aromatic rings. The molecule has 1 aliphatic carbocycles. The largest absolute Gasteiger partial charge is 0.465 e. The van der Waals surface area contributed by atoms with Crippen molar-refractivity contribution in [2.45, 2.75) is 39.5 Å². The highest BCUT2D eigenvalue weighted by atomic mass is 32.1. The number of thiophene rings is 1. The van der Waals surface area contributed by atoms with Gasteiger partial charge in [0.15, 0.2) is 0 Å². The lowest BCUT2D eigenvalue weighted by Gasteiger charge is -2.18. The van der Waals surface area contributed by atoms with Gasteiger partial charge in [0.05, 0.1) is 18.4 Å². The molecule has 0 radical (unpaired) electrons. The van der Waals surface area contributed by atoms with E-state index in [1.54, 1.807) is 24.5 Å². The van der Waals surface area contributed by atoms with Gasteiger partial charge in [0, 0.05) is 11.0 Å². The van der Waals surface area contributed by atoms with Crippen molar-refractivity contribution < 1.29 is 18.7 Å². The Labute approximate surface area is 157 Å². The molecule has 0 aliphatic heterocycles. The molecule has 1 unspecified atom stereocenters. The molecule has 0 bridgehead atoms. The zero-order valence-electron chi connectivity index (χ0n) is 15.0. The number of rotatable bonds is 6. The van der Waals surface area contributed by atoms with Crippen molar-refractivity contribution in [2.24, 2.45) is 5.92 Å². The van der Waals surface area contributed by atoms with Crippen LogP contribution in [0.25, 0.3) is 6.08 Å². The van der Waals surface area contributed by atoms with Crippen molar-refractivity contribution in [3.05, 3.63) is 46.2 Å². The monoisotopic (exact) mass is 373 g/mol. The van der Waals surface area contributed by atoms with Crippen molar-refractivity contribution in [2.75, 3.05) is 11.9 Å². The Morgan fingerprint density at radius 3 is 3.04 bits per heavy atom. The van der Waals surface area contributed by atoms with Crippen molar-refractivity contribution >= 4 is 34.3 Å². The van der Waals surface area contributed by atoms with E-state index in [9.17, 15) is 9.59 Å². The summed E-state index contributed by atoms with van der Waals surface area (Å²) in [5.41, 5.74) is 1.57. The summed E-state index contributed by atoms with van der Waals surface area (Å²) in [7, 11) is 0. The fourth-order valence-corrected chi connectivity index (χ4v) is 4.42. The first-order valence-electron chi connectivity index (χ1n) is 8.92. The van der Waals surface area contributed by atoms with E-state index in [4.69, 9.17) is 9.15 Å². The summed E-state index contributed by atoms with van der Waals surface area (Å²) >= 11 is 1.49. The molecule has 1 amide bonds. The van der Waals surface area contributed by atoms with E-state index in [-0.39, 0.29) is 11.9 Å². The van der Waals surface area contributed by atoms with Crippen molar-refractivity contribution in [1.29, 1.82) is 0 Å². The molecule has 0 aromatic carbocycles. The molecule has 138 valence electrons. The van der Waals surface area contributed by atoms with E-state index in [1.807, 2.05) is 6.92 Å². The van der Waals surface area contributed by atoms with E-state index in [0.29, 0.717) is 28.8 Å². The first kappa shape index (κ1) is 18.5. The third-order valence-corrected chi connectivity index (χ3v) is 5.50. The molecule has 0 saturated heterocycles. The Morgan fingerprint density at radius 1 is 1.46 bits per heavy atom. The topological polar surface area (TPSA) is 68.5 Å². The van der Waals surface area contributed by atoms with Crippen LogP contribution in [0.1, 0.15) is 53.2 Å². The van der Waals surface area contributed by atoms with Gasteiger partial charge in [-0.3, -0.25) is 4.79 Å². The molecule has 6 heteroatoms. The molecule has 1 N–H and O–H groups in total. The van der Waals surface area contributed by atoms with E-state index in [1.165, 1.54) is 22.3 Å². The number of fused-ring (bicyclic) bond motifs is 1. The molecule has 2 heterocycles. The van der Waals surface area contributed by atoms with Gasteiger partial charge in [-0.25, -0.2) is 4.79 Å². The number of hydrogen-bond donors (Lipinski definition) is 1. The number of hydrogen-bond acceptors (Lipinski definition) is 5. The fourth-order valence-electron chi connectivity index (χ4n) is 3.02. The van der Waals surface area contributed by atoms with Crippen LogP contribution >= 0.6 is 11.3 Å². The van der Waals surface area contributed by atoms with E-state index < -0.39 is 0 Å². The highest BCUT2D eigenvalue weighted by Gasteiger charge is 2.28. The van der Waals surface area contributed by atoms with Crippen LogP contribution in [0, 0.1) is 5.92 Å². The predicted molar refractivity (Wildman–Crippen MR) is 102 cm³/mol. The van der Waals surface area contributed by atoms with Crippen LogP contribution in [0.3, 0.4) is 0 Å². The summed E-state index contributed by atoms with van der Waals surface area (Å²) in [5.74, 6) is 0.548. The van der Waals surface area contributed by atoms with Crippen molar-refractivity contribution in [3.8, 4) is 0 Å². The summed E-state index contributed by atoms with van der Waals surface area (Å²) in [6.45, 7) is 4.55. The minimum atomic E-state index is -0.343. The third kappa shape index (κ3) is 4.25. The minimum absolute atomic E-state index is 0.294. The Morgan fingerprint density at radius 2 is 2.31 bits per heavy atom. The van der Waals surface area contributed by atoms with Gasteiger partial charge in [-0.2, -0.15) is 0 Å². The minimum Gasteiger partial charge on any atom is -0.465 e. The van der Waals surface area contributed by atoms with Gasteiger partial charge in [-0.1, -0.05) is 13.8 Å². The second-order valence-corrected chi connectivity index (χ2v) is 7.63. The van der Waals surface area contributed by atoms with Crippen LogP contribution in [-0.2, 0) is 22.4 Å². The molecule has 0 fully saturated rings. The van der Waals surface area contributed by atoms with Crippen LogP contribution < -0.4 is 5.32 Å². The number of nitrogens with one attached hydrogen (secondary N) is 1. The summed E-state index contributed by atoms with van der Waals surface area (Å²) in [4.78, 5) is 26.0. The van der Waals surface area contributed by atoms with Gasteiger partial charge < -0.3 is 14.5 Å². The number of amides is 1. The lowest BCUT2D eigenvalue weighted by Crippen LogP contribution is -2.16. The van der Waals surface area contributed by atoms with Gasteiger partial charge in [0.25, 0.3) is 0 Å². The summed E-state index contributed by atoms with van der Waals surface area (Å²) < 4.78 is 10.5. The average Bonchev–Trinajstić information content (AvgIpc) is 3.24. The van der Waals surface area contributed by atoms with Crippen LogP contribution in [0.2, 0.25) is 0 Å². The Hall–Kier alpha value is -2.34. The number of carbonyl (C=O) groups excluding carboxylic acids is 2.